The van der Waals surface area contributed by atoms with Crippen molar-refractivity contribution in [2.45, 2.75) is 44.9 Å². The molecule has 1 fully saturated rings. The maximum atomic E-state index is 11.1. The topological polar surface area (TPSA) is 64.3 Å². The van der Waals surface area contributed by atoms with Crippen molar-refractivity contribution in [1.82, 2.24) is 5.32 Å². The molecule has 1 aromatic rings. The van der Waals surface area contributed by atoms with Crippen molar-refractivity contribution in [2.24, 2.45) is 5.73 Å². The number of hydrogen-bond acceptors (Lipinski definition) is 3. The zero-order valence-electron chi connectivity index (χ0n) is 11.9. The molecule has 0 aliphatic carbocycles. The standard InChI is InChI=1S/C15H21ClN2O2/c1-15(2)8-12(5-6-20-15)18-9-11-4-3-10(14(17)19)7-13(11)16/h3-4,7,12,18H,5-6,8-9H2,1-2H3,(H2,17,19). The molecule has 20 heavy (non-hydrogen) atoms. The summed E-state index contributed by atoms with van der Waals surface area (Å²) in [6, 6.07) is 5.60. The zero-order valence-corrected chi connectivity index (χ0v) is 12.7. The predicted octanol–water partition coefficient (Wildman–Crippen LogP) is 2.49. The predicted molar refractivity (Wildman–Crippen MR) is 79.9 cm³/mol. The van der Waals surface area contributed by atoms with Crippen molar-refractivity contribution in [3.05, 3.63) is 34.3 Å². The summed E-state index contributed by atoms with van der Waals surface area (Å²) in [7, 11) is 0. The first kappa shape index (κ1) is 15.3. The third-order valence-corrected chi connectivity index (χ3v) is 3.97. The number of hydrogen-bond donors (Lipinski definition) is 2. The fourth-order valence-corrected chi connectivity index (χ4v) is 2.75. The Balaban J connectivity index is 1.95. The molecule has 0 aromatic heterocycles. The number of rotatable bonds is 4. The van der Waals surface area contributed by atoms with Gasteiger partial charge in [-0.3, -0.25) is 4.79 Å². The van der Waals surface area contributed by atoms with E-state index in [0.717, 1.165) is 25.0 Å². The van der Waals surface area contributed by atoms with E-state index < -0.39 is 5.91 Å². The maximum Gasteiger partial charge on any atom is 0.248 e. The van der Waals surface area contributed by atoms with E-state index in [-0.39, 0.29) is 5.60 Å². The molecule has 3 N–H and O–H groups in total. The molecule has 1 atom stereocenters. The van der Waals surface area contributed by atoms with Gasteiger partial charge in [-0.1, -0.05) is 17.7 Å². The van der Waals surface area contributed by atoms with E-state index in [2.05, 4.69) is 19.2 Å². The SMILES string of the molecule is CC1(C)CC(NCc2ccc(C(N)=O)cc2Cl)CCO1. The summed E-state index contributed by atoms with van der Waals surface area (Å²) < 4.78 is 5.70. The number of halogens is 1. The first-order valence-electron chi connectivity index (χ1n) is 6.83. The Hall–Kier alpha value is -1.10. The molecule has 0 spiro atoms. The van der Waals surface area contributed by atoms with E-state index in [1.807, 2.05) is 6.07 Å². The van der Waals surface area contributed by atoms with E-state index in [0.29, 0.717) is 23.2 Å². The summed E-state index contributed by atoms with van der Waals surface area (Å²) in [6.45, 7) is 5.67. The molecule has 1 unspecified atom stereocenters. The van der Waals surface area contributed by atoms with Crippen LogP contribution in [0.5, 0.6) is 0 Å². The Morgan fingerprint density at radius 2 is 2.30 bits per heavy atom. The lowest BCUT2D eigenvalue weighted by Gasteiger charge is -2.36. The Morgan fingerprint density at radius 3 is 2.90 bits per heavy atom. The lowest BCUT2D eigenvalue weighted by Crippen LogP contribution is -2.43. The van der Waals surface area contributed by atoms with Crippen LogP contribution in [0.4, 0.5) is 0 Å². The van der Waals surface area contributed by atoms with Crippen LogP contribution in [0.25, 0.3) is 0 Å². The van der Waals surface area contributed by atoms with Crippen LogP contribution in [0.15, 0.2) is 18.2 Å². The van der Waals surface area contributed by atoms with Crippen molar-refractivity contribution >= 4 is 17.5 Å². The highest BCUT2D eigenvalue weighted by Gasteiger charge is 2.28. The highest BCUT2D eigenvalue weighted by Crippen LogP contribution is 2.25. The van der Waals surface area contributed by atoms with E-state index in [9.17, 15) is 4.79 Å². The lowest BCUT2D eigenvalue weighted by atomic mass is 9.94. The van der Waals surface area contributed by atoms with Crippen LogP contribution in [0.3, 0.4) is 0 Å². The molecule has 0 saturated carbocycles. The molecule has 0 bridgehead atoms. The van der Waals surface area contributed by atoms with Gasteiger partial charge in [0.05, 0.1) is 5.60 Å². The Kier molecular flexibility index (Phi) is 4.68. The fraction of sp³-hybridized carbons (Fsp3) is 0.533. The normalized spacial score (nSPS) is 21.6. The largest absolute Gasteiger partial charge is 0.375 e. The number of ether oxygens (including phenoxy) is 1. The van der Waals surface area contributed by atoms with Gasteiger partial charge in [-0.05, 0) is 44.4 Å². The minimum absolute atomic E-state index is 0.0739. The molecule has 0 radical (unpaired) electrons. The smallest absolute Gasteiger partial charge is 0.248 e. The van der Waals surface area contributed by atoms with Gasteiger partial charge >= 0.3 is 0 Å². The second-order valence-electron chi connectivity index (χ2n) is 5.85. The van der Waals surface area contributed by atoms with E-state index in [1.54, 1.807) is 12.1 Å². The molecule has 1 heterocycles. The van der Waals surface area contributed by atoms with Gasteiger partial charge in [-0.25, -0.2) is 0 Å². The van der Waals surface area contributed by atoms with Crippen molar-refractivity contribution in [1.29, 1.82) is 0 Å². The van der Waals surface area contributed by atoms with Crippen LogP contribution in [-0.4, -0.2) is 24.2 Å². The second-order valence-corrected chi connectivity index (χ2v) is 6.26. The van der Waals surface area contributed by atoms with Crippen LogP contribution in [0, 0.1) is 0 Å². The Labute approximate surface area is 124 Å². The van der Waals surface area contributed by atoms with Gasteiger partial charge < -0.3 is 15.8 Å². The van der Waals surface area contributed by atoms with Crippen molar-refractivity contribution in [3.8, 4) is 0 Å². The molecule has 4 nitrogen and oxygen atoms in total. The molecular weight excluding hydrogens is 276 g/mol. The minimum atomic E-state index is -0.461. The summed E-state index contributed by atoms with van der Waals surface area (Å²) in [5.41, 5.74) is 6.56. The molecular formula is C15H21ClN2O2. The van der Waals surface area contributed by atoms with E-state index in [4.69, 9.17) is 22.1 Å². The maximum absolute atomic E-state index is 11.1. The minimum Gasteiger partial charge on any atom is -0.375 e. The zero-order chi connectivity index (χ0) is 14.8. The van der Waals surface area contributed by atoms with Gasteiger partial charge in [0, 0.05) is 29.8 Å². The van der Waals surface area contributed by atoms with Crippen LogP contribution >= 0.6 is 11.6 Å². The molecule has 1 aliphatic heterocycles. The summed E-state index contributed by atoms with van der Waals surface area (Å²) >= 11 is 6.17. The number of carbonyl (C=O) groups excluding carboxylic acids is 1. The lowest BCUT2D eigenvalue weighted by molar-refractivity contribution is -0.0630. The number of nitrogens with two attached hydrogens (primary N) is 1. The van der Waals surface area contributed by atoms with Crippen LogP contribution in [0.2, 0.25) is 5.02 Å². The Bertz CT molecular complexity index is 503. The first-order valence-corrected chi connectivity index (χ1v) is 7.21. The third-order valence-electron chi connectivity index (χ3n) is 3.62. The number of nitrogens with one attached hydrogen (secondary N) is 1. The average molecular weight is 297 g/mol. The van der Waals surface area contributed by atoms with Crippen molar-refractivity contribution in [2.75, 3.05) is 6.61 Å². The second kappa shape index (κ2) is 6.12. The highest BCUT2D eigenvalue weighted by atomic mass is 35.5. The molecule has 1 aliphatic rings. The summed E-state index contributed by atoms with van der Waals surface area (Å²) in [6.07, 6.45) is 1.98. The van der Waals surface area contributed by atoms with Gasteiger partial charge in [-0.15, -0.1) is 0 Å². The van der Waals surface area contributed by atoms with E-state index >= 15 is 0 Å². The van der Waals surface area contributed by atoms with Gasteiger partial charge in [0.2, 0.25) is 5.91 Å². The molecule has 1 aromatic carbocycles. The van der Waals surface area contributed by atoms with Gasteiger partial charge in [0.1, 0.15) is 0 Å². The van der Waals surface area contributed by atoms with Crippen molar-refractivity contribution in [3.63, 3.8) is 0 Å². The molecule has 1 amide bonds. The quantitative estimate of drug-likeness (QED) is 0.897. The van der Waals surface area contributed by atoms with Crippen LogP contribution in [-0.2, 0) is 11.3 Å². The molecule has 110 valence electrons. The molecule has 1 saturated heterocycles. The van der Waals surface area contributed by atoms with E-state index in [1.165, 1.54) is 0 Å². The van der Waals surface area contributed by atoms with Gasteiger partial charge in [0.15, 0.2) is 0 Å². The van der Waals surface area contributed by atoms with Crippen LogP contribution in [0.1, 0.15) is 42.6 Å². The third kappa shape index (κ3) is 3.95. The van der Waals surface area contributed by atoms with Gasteiger partial charge in [-0.2, -0.15) is 0 Å². The number of benzene rings is 1. The molecule has 2 rings (SSSR count). The first-order chi connectivity index (χ1) is 9.37. The number of primary amides is 1. The summed E-state index contributed by atoms with van der Waals surface area (Å²) in [4.78, 5) is 11.1. The molecule has 5 heteroatoms. The number of carbonyl (C=O) groups is 1. The Morgan fingerprint density at radius 1 is 1.55 bits per heavy atom. The summed E-state index contributed by atoms with van der Waals surface area (Å²) in [5.74, 6) is -0.461. The highest BCUT2D eigenvalue weighted by molar-refractivity contribution is 6.31. The van der Waals surface area contributed by atoms with Crippen LogP contribution < -0.4 is 11.1 Å². The summed E-state index contributed by atoms with van der Waals surface area (Å²) in [5, 5.41) is 4.07. The number of amides is 1. The van der Waals surface area contributed by atoms with Gasteiger partial charge in [0.25, 0.3) is 0 Å². The fourth-order valence-electron chi connectivity index (χ4n) is 2.50. The average Bonchev–Trinajstić information content (AvgIpc) is 2.36. The van der Waals surface area contributed by atoms with Crippen molar-refractivity contribution < 1.29 is 9.53 Å². The monoisotopic (exact) mass is 296 g/mol.